The summed E-state index contributed by atoms with van der Waals surface area (Å²) in [6, 6.07) is 5.25. The summed E-state index contributed by atoms with van der Waals surface area (Å²) in [5, 5.41) is 0. The number of allylic oxidation sites excluding steroid dienone is 1. The Morgan fingerprint density at radius 1 is 1.59 bits per heavy atom. The summed E-state index contributed by atoms with van der Waals surface area (Å²) < 4.78 is 0.809. The molecule has 0 heterocycles. The molecule has 0 atom stereocenters. The zero-order valence-corrected chi connectivity index (χ0v) is 11.5. The molecule has 0 bridgehead atoms. The Morgan fingerprint density at radius 3 is 2.88 bits per heavy atom. The second-order valence-corrected chi connectivity index (χ2v) is 4.75. The van der Waals surface area contributed by atoms with Crippen LogP contribution in [0.25, 0.3) is 0 Å². The number of benzene rings is 1. The van der Waals surface area contributed by atoms with Gasteiger partial charge in [0.2, 0.25) is 0 Å². The Balaban J connectivity index is 2.68. The molecular formula is C13H17BrN2O. The van der Waals surface area contributed by atoms with Crippen LogP contribution < -0.4 is 5.73 Å². The summed E-state index contributed by atoms with van der Waals surface area (Å²) in [7, 11) is 1.80. The summed E-state index contributed by atoms with van der Waals surface area (Å²) >= 11 is 3.31. The third kappa shape index (κ3) is 3.89. The molecule has 0 fully saturated rings. The number of nitrogens with two attached hydrogens (primary N) is 1. The van der Waals surface area contributed by atoms with Gasteiger partial charge in [0.25, 0.3) is 5.91 Å². The number of carbonyl (C=O) groups excluding carboxylic acids is 1. The van der Waals surface area contributed by atoms with Crippen LogP contribution in [-0.2, 0) is 0 Å². The van der Waals surface area contributed by atoms with Crippen molar-refractivity contribution in [1.29, 1.82) is 0 Å². The standard InChI is InChI=1S/C13H17BrN2O/c1-3-4-5-8-16(2)13(17)10-6-7-11(14)12(15)9-10/h3,6-7,9H,1,4-5,8,15H2,2H3. The number of amides is 1. The van der Waals surface area contributed by atoms with Gasteiger partial charge in [0, 0.05) is 29.3 Å². The lowest BCUT2D eigenvalue weighted by Gasteiger charge is -2.17. The molecule has 0 aliphatic rings. The molecular weight excluding hydrogens is 280 g/mol. The van der Waals surface area contributed by atoms with Crippen LogP contribution in [0.4, 0.5) is 5.69 Å². The van der Waals surface area contributed by atoms with Crippen molar-refractivity contribution < 1.29 is 4.79 Å². The van der Waals surface area contributed by atoms with Crippen LogP contribution in [0.2, 0.25) is 0 Å². The van der Waals surface area contributed by atoms with Gasteiger partial charge in [-0.15, -0.1) is 6.58 Å². The Labute approximate surface area is 110 Å². The lowest BCUT2D eigenvalue weighted by Crippen LogP contribution is -2.27. The van der Waals surface area contributed by atoms with Crippen LogP contribution in [0.5, 0.6) is 0 Å². The smallest absolute Gasteiger partial charge is 0.253 e. The van der Waals surface area contributed by atoms with E-state index in [1.165, 1.54) is 0 Å². The first-order chi connectivity index (χ1) is 8.06. The van der Waals surface area contributed by atoms with Crippen molar-refractivity contribution in [2.45, 2.75) is 12.8 Å². The molecule has 1 aromatic rings. The quantitative estimate of drug-likeness (QED) is 0.516. The van der Waals surface area contributed by atoms with Gasteiger partial charge in [-0.3, -0.25) is 4.79 Å². The van der Waals surface area contributed by atoms with Crippen molar-refractivity contribution >= 4 is 27.5 Å². The minimum absolute atomic E-state index is 0.00624. The molecule has 0 aliphatic heterocycles. The first-order valence-corrected chi connectivity index (χ1v) is 6.27. The molecule has 1 aromatic carbocycles. The average Bonchev–Trinajstić information content (AvgIpc) is 2.32. The van der Waals surface area contributed by atoms with Gasteiger partial charge in [-0.25, -0.2) is 0 Å². The van der Waals surface area contributed by atoms with E-state index in [2.05, 4.69) is 22.5 Å². The minimum atomic E-state index is -0.00624. The van der Waals surface area contributed by atoms with E-state index < -0.39 is 0 Å². The Bertz CT molecular complexity index is 418. The van der Waals surface area contributed by atoms with Crippen LogP contribution in [0.1, 0.15) is 23.2 Å². The monoisotopic (exact) mass is 296 g/mol. The number of nitrogens with zero attached hydrogens (tertiary/aromatic N) is 1. The summed E-state index contributed by atoms with van der Waals surface area (Å²) in [4.78, 5) is 13.7. The number of unbranched alkanes of at least 4 members (excludes halogenated alkanes) is 1. The molecule has 0 aliphatic carbocycles. The van der Waals surface area contributed by atoms with Crippen molar-refractivity contribution in [3.05, 3.63) is 40.9 Å². The maximum atomic E-state index is 12.0. The van der Waals surface area contributed by atoms with Gasteiger partial charge in [-0.05, 0) is 47.0 Å². The van der Waals surface area contributed by atoms with Crippen molar-refractivity contribution in [2.24, 2.45) is 0 Å². The van der Waals surface area contributed by atoms with Crippen LogP contribution in [-0.4, -0.2) is 24.4 Å². The topological polar surface area (TPSA) is 46.3 Å². The molecule has 3 nitrogen and oxygen atoms in total. The fourth-order valence-corrected chi connectivity index (χ4v) is 1.72. The number of halogens is 1. The normalized spacial score (nSPS) is 10.0. The summed E-state index contributed by atoms with van der Waals surface area (Å²) in [5.74, 6) is -0.00624. The van der Waals surface area contributed by atoms with Crippen LogP contribution in [0.3, 0.4) is 0 Å². The molecule has 2 N–H and O–H groups in total. The lowest BCUT2D eigenvalue weighted by molar-refractivity contribution is 0.0794. The van der Waals surface area contributed by atoms with Gasteiger partial charge >= 0.3 is 0 Å². The molecule has 1 amide bonds. The first kappa shape index (κ1) is 13.8. The highest BCUT2D eigenvalue weighted by atomic mass is 79.9. The van der Waals surface area contributed by atoms with E-state index in [1.54, 1.807) is 30.1 Å². The Hall–Kier alpha value is -1.29. The molecule has 17 heavy (non-hydrogen) atoms. The maximum absolute atomic E-state index is 12.0. The first-order valence-electron chi connectivity index (χ1n) is 5.47. The van der Waals surface area contributed by atoms with Crippen molar-refractivity contribution in [2.75, 3.05) is 19.3 Å². The number of hydrogen-bond acceptors (Lipinski definition) is 2. The minimum Gasteiger partial charge on any atom is -0.398 e. The number of anilines is 1. The van der Waals surface area contributed by atoms with Crippen molar-refractivity contribution in [3.8, 4) is 0 Å². The predicted octanol–water partition coefficient (Wildman–Crippen LogP) is 3.07. The number of rotatable bonds is 5. The molecule has 1 rings (SSSR count). The zero-order valence-electron chi connectivity index (χ0n) is 9.95. The highest BCUT2D eigenvalue weighted by molar-refractivity contribution is 9.10. The van der Waals surface area contributed by atoms with E-state index in [1.807, 2.05) is 6.08 Å². The van der Waals surface area contributed by atoms with E-state index in [-0.39, 0.29) is 5.91 Å². The third-order valence-corrected chi connectivity index (χ3v) is 3.21. The molecule has 0 spiro atoms. The Morgan fingerprint density at radius 2 is 2.29 bits per heavy atom. The van der Waals surface area contributed by atoms with Crippen LogP contribution >= 0.6 is 15.9 Å². The molecule has 4 heteroatoms. The largest absolute Gasteiger partial charge is 0.398 e. The van der Waals surface area contributed by atoms with E-state index in [0.717, 1.165) is 23.9 Å². The second kappa shape index (κ2) is 6.45. The molecule has 0 saturated carbocycles. The fourth-order valence-electron chi connectivity index (χ4n) is 1.47. The average molecular weight is 297 g/mol. The predicted molar refractivity (Wildman–Crippen MR) is 74.9 cm³/mol. The van der Waals surface area contributed by atoms with Gasteiger partial charge in [-0.1, -0.05) is 6.08 Å². The van der Waals surface area contributed by atoms with Crippen LogP contribution in [0, 0.1) is 0 Å². The lowest BCUT2D eigenvalue weighted by atomic mass is 10.1. The fraction of sp³-hybridized carbons (Fsp3) is 0.308. The summed E-state index contributed by atoms with van der Waals surface area (Å²) in [5.41, 5.74) is 6.95. The number of carbonyl (C=O) groups is 1. The van der Waals surface area contributed by atoms with Gasteiger partial charge in [0.15, 0.2) is 0 Å². The molecule has 0 aromatic heterocycles. The van der Waals surface area contributed by atoms with Gasteiger partial charge < -0.3 is 10.6 Å². The molecule has 0 saturated heterocycles. The summed E-state index contributed by atoms with van der Waals surface area (Å²) in [6.45, 7) is 4.38. The van der Waals surface area contributed by atoms with Gasteiger partial charge in [0.05, 0.1) is 0 Å². The molecule has 92 valence electrons. The van der Waals surface area contributed by atoms with Gasteiger partial charge in [-0.2, -0.15) is 0 Å². The second-order valence-electron chi connectivity index (χ2n) is 3.89. The highest BCUT2D eigenvalue weighted by Gasteiger charge is 2.11. The third-order valence-electron chi connectivity index (χ3n) is 2.49. The maximum Gasteiger partial charge on any atom is 0.253 e. The number of nitrogen functional groups attached to an aromatic ring is 1. The van der Waals surface area contributed by atoms with Gasteiger partial charge in [0.1, 0.15) is 0 Å². The van der Waals surface area contributed by atoms with E-state index in [4.69, 9.17) is 5.73 Å². The summed E-state index contributed by atoms with van der Waals surface area (Å²) in [6.07, 6.45) is 3.70. The van der Waals surface area contributed by atoms with Crippen LogP contribution in [0.15, 0.2) is 35.3 Å². The van der Waals surface area contributed by atoms with Crippen molar-refractivity contribution in [3.63, 3.8) is 0 Å². The van der Waals surface area contributed by atoms with E-state index >= 15 is 0 Å². The number of hydrogen-bond donors (Lipinski definition) is 1. The molecule has 0 unspecified atom stereocenters. The van der Waals surface area contributed by atoms with E-state index in [0.29, 0.717) is 11.3 Å². The van der Waals surface area contributed by atoms with E-state index in [9.17, 15) is 4.79 Å². The zero-order chi connectivity index (χ0) is 12.8. The Kier molecular flexibility index (Phi) is 5.22. The van der Waals surface area contributed by atoms with Crippen molar-refractivity contribution in [1.82, 2.24) is 4.90 Å². The molecule has 0 radical (unpaired) electrons. The highest BCUT2D eigenvalue weighted by Crippen LogP contribution is 2.20. The SMILES string of the molecule is C=CCCCN(C)C(=O)c1ccc(Br)c(N)c1.